The lowest BCUT2D eigenvalue weighted by atomic mass is 9.90. The smallest absolute Gasteiger partial charge is 0.277 e. The Morgan fingerprint density at radius 3 is 2.32 bits per heavy atom. The first-order valence-corrected chi connectivity index (χ1v) is 11.7. The number of carbonyl (C=O) groups excluding carboxylic acids is 1. The molecule has 174 valence electrons. The number of piperidine rings is 1. The van der Waals surface area contributed by atoms with E-state index >= 15 is 0 Å². The predicted octanol–water partition coefficient (Wildman–Crippen LogP) is 3.14. The zero-order valence-electron chi connectivity index (χ0n) is 19.0. The van der Waals surface area contributed by atoms with Gasteiger partial charge in [-0.25, -0.2) is 4.52 Å². The molecule has 1 N–H and O–H groups in total. The summed E-state index contributed by atoms with van der Waals surface area (Å²) in [5, 5.41) is 14.5. The van der Waals surface area contributed by atoms with Crippen molar-refractivity contribution in [3.63, 3.8) is 0 Å². The number of aliphatic hydroxyl groups is 1. The number of benzene rings is 2. The Morgan fingerprint density at radius 1 is 0.971 bits per heavy atom. The van der Waals surface area contributed by atoms with Gasteiger partial charge in [0.15, 0.2) is 0 Å². The molecular weight excluding hydrogens is 428 g/mol. The Kier molecular flexibility index (Phi) is 6.27. The van der Waals surface area contributed by atoms with Gasteiger partial charge in [-0.1, -0.05) is 60.7 Å². The SMILES string of the molecule is O=C(Cn1ccn2nc(-c3ccccc3)c(CO)c2c1=O)N1CCC(Cc2ccccc2)CC1. The van der Waals surface area contributed by atoms with Crippen molar-refractivity contribution in [1.82, 2.24) is 19.1 Å². The van der Waals surface area contributed by atoms with Crippen LogP contribution >= 0.6 is 0 Å². The number of fused-ring (bicyclic) bond motifs is 1. The molecule has 0 saturated carbocycles. The minimum Gasteiger partial charge on any atom is -0.392 e. The molecule has 0 radical (unpaired) electrons. The van der Waals surface area contributed by atoms with Gasteiger partial charge in [-0.15, -0.1) is 0 Å². The lowest BCUT2D eigenvalue weighted by Gasteiger charge is -2.32. The maximum absolute atomic E-state index is 13.2. The maximum atomic E-state index is 13.2. The molecule has 1 aliphatic heterocycles. The summed E-state index contributed by atoms with van der Waals surface area (Å²) in [5.41, 5.74) is 3.19. The molecule has 1 amide bonds. The third kappa shape index (κ3) is 4.39. The summed E-state index contributed by atoms with van der Waals surface area (Å²) in [6.07, 6.45) is 6.23. The Balaban J connectivity index is 1.31. The maximum Gasteiger partial charge on any atom is 0.277 e. The van der Waals surface area contributed by atoms with Gasteiger partial charge in [0, 0.05) is 36.6 Å². The highest BCUT2D eigenvalue weighted by Gasteiger charge is 2.24. The van der Waals surface area contributed by atoms with Crippen molar-refractivity contribution >= 4 is 11.4 Å². The fourth-order valence-corrected chi connectivity index (χ4v) is 4.83. The van der Waals surface area contributed by atoms with Crippen molar-refractivity contribution in [2.45, 2.75) is 32.4 Å². The highest BCUT2D eigenvalue weighted by molar-refractivity contribution is 5.76. The Hall–Kier alpha value is -3.71. The fourth-order valence-electron chi connectivity index (χ4n) is 4.83. The molecule has 7 nitrogen and oxygen atoms in total. The number of carbonyl (C=O) groups is 1. The first-order chi connectivity index (χ1) is 16.6. The number of likely N-dealkylation sites (tertiary alicyclic amines) is 1. The predicted molar refractivity (Wildman–Crippen MR) is 130 cm³/mol. The Morgan fingerprint density at radius 2 is 1.65 bits per heavy atom. The zero-order valence-corrected chi connectivity index (χ0v) is 19.0. The number of aliphatic hydroxyl groups excluding tert-OH is 1. The van der Waals surface area contributed by atoms with Gasteiger partial charge >= 0.3 is 0 Å². The molecule has 1 fully saturated rings. The standard InChI is InChI=1S/C27H28N4O3/c32-19-23-25(22-9-5-2-6-10-22)28-31-16-15-30(27(34)26(23)31)18-24(33)29-13-11-21(12-14-29)17-20-7-3-1-4-8-20/h1-10,15-16,21,32H,11-14,17-19H2. The van der Waals surface area contributed by atoms with Crippen LogP contribution in [0.5, 0.6) is 0 Å². The third-order valence-electron chi connectivity index (χ3n) is 6.71. The van der Waals surface area contributed by atoms with Gasteiger partial charge in [0.05, 0.1) is 12.3 Å². The zero-order chi connectivity index (χ0) is 23.5. The molecule has 7 heteroatoms. The summed E-state index contributed by atoms with van der Waals surface area (Å²) < 4.78 is 2.91. The van der Waals surface area contributed by atoms with Crippen molar-refractivity contribution < 1.29 is 9.90 Å². The van der Waals surface area contributed by atoms with E-state index in [-0.39, 0.29) is 24.6 Å². The summed E-state index contributed by atoms with van der Waals surface area (Å²) in [4.78, 5) is 28.1. The van der Waals surface area contributed by atoms with Gasteiger partial charge < -0.3 is 14.6 Å². The minimum atomic E-state index is -0.325. The molecule has 2 aromatic heterocycles. The molecule has 0 aliphatic carbocycles. The number of hydrogen-bond acceptors (Lipinski definition) is 4. The summed E-state index contributed by atoms with van der Waals surface area (Å²) in [6, 6.07) is 19.9. The quantitative estimate of drug-likeness (QED) is 0.483. The van der Waals surface area contributed by atoms with Crippen LogP contribution in [0, 0.1) is 5.92 Å². The minimum absolute atomic E-state index is 0.0184. The van der Waals surface area contributed by atoms with E-state index in [0.29, 0.717) is 35.8 Å². The molecule has 2 aromatic carbocycles. The largest absolute Gasteiger partial charge is 0.392 e. The highest BCUT2D eigenvalue weighted by Crippen LogP contribution is 2.25. The van der Waals surface area contributed by atoms with Crippen LogP contribution in [0.15, 0.2) is 77.9 Å². The average Bonchev–Trinajstić information content (AvgIpc) is 3.27. The molecule has 0 atom stereocenters. The van der Waals surface area contributed by atoms with E-state index in [1.807, 2.05) is 41.3 Å². The van der Waals surface area contributed by atoms with Crippen LogP contribution in [-0.4, -0.2) is 43.2 Å². The number of nitrogens with zero attached hydrogens (tertiary/aromatic N) is 4. The van der Waals surface area contributed by atoms with Gasteiger partial charge in [-0.05, 0) is 30.7 Å². The number of rotatable bonds is 6. The Bertz CT molecular complexity index is 1340. The first-order valence-electron chi connectivity index (χ1n) is 11.7. The molecule has 1 saturated heterocycles. The summed E-state index contributed by atoms with van der Waals surface area (Å²) in [6.45, 7) is 1.09. The van der Waals surface area contributed by atoms with Gasteiger partial charge in [0.2, 0.25) is 5.91 Å². The summed E-state index contributed by atoms with van der Waals surface area (Å²) >= 11 is 0. The molecule has 4 aromatic rings. The third-order valence-corrected chi connectivity index (χ3v) is 6.71. The second-order valence-electron chi connectivity index (χ2n) is 8.89. The molecule has 1 aliphatic rings. The van der Waals surface area contributed by atoms with Crippen LogP contribution in [-0.2, 0) is 24.4 Å². The molecule has 34 heavy (non-hydrogen) atoms. The lowest BCUT2D eigenvalue weighted by Crippen LogP contribution is -2.42. The highest BCUT2D eigenvalue weighted by atomic mass is 16.3. The van der Waals surface area contributed by atoms with Crippen LogP contribution < -0.4 is 5.56 Å². The molecule has 5 rings (SSSR count). The van der Waals surface area contributed by atoms with Crippen molar-refractivity contribution in [1.29, 1.82) is 0 Å². The van der Waals surface area contributed by atoms with Crippen LogP contribution in [0.3, 0.4) is 0 Å². The van der Waals surface area contributed by atoms with Crippen LogP contribution in [0.2, 0.25) is 0 Å². The van der Waals surface area contributed by atoms with Crippen LogP contribution in [0.1, 0.15) is 24.0 Å². The van der Waals surface area contributed by atoms with E-state index in [2.05, 4.69) is 29.4 Å². The van der Waals surface area contributed by atoms with Crippen molar-refractivity contribution in [2.24, 2.45) is 5.92 Å². The van der Waals surface area contributed by atoms with Crippen molar-refractivity contribution in [3.8, 4) is 11.3 Å². The molecule has 0 unspecified atom stereocenters. The van der Waals surface area contributed by atoms with Gasteiger partial charge in [-0.2, -0.15) is 5.10 Å². The van der Waals surface area contributed by atoms with E-state index in [0.717, 1.165) is 24.8 Å². The van der Waals surface area contributed by atoms with E-state index in [1.165, 1.54) is 14.6 Å². The lowest BCUT2D eigenvalue weighted by molar-refractivity contribution is -0.133. The summed E-state index contributed by atoms with van der Waals surface area (Å²) in [5.74, 6) is 0.513. The first kappa shape index (κ1) is 22.1. The topological polar surface area (TPSA) is 79.8 Å². The van der Waals surface area contributed by atoms with E-state index in [1.54, 1.807) is 12.4 Å². The second kappa shape index (κ2) is 9.65. The van der Waals surface area contributed by atoms with E-state index in [9.17, 15) is 14.7 Å². The Labute approximate surface area is 197 Å². The van der Waals surface area contributed by atoms with Gasteiger partial charge in [0.25, 0.3) is 5.56 Å². The molecule has 0 bridgehead atoms. The van der Waals surface area contributed by atoms with E-state index < -0.39 is 0 Å². The fraction of sp³-hybridized carbons (Fsp3) is 0.296. The molecular formula is C27H28N4O3. The van der Waals surface area contributed by atoms with E-state index in [4.69, 9.17) is 0 Å². The second-order valence-corrected chi connectivity index (χ2v) is 8.89. The summed E-state index contributed by atoms with van der Waals surface area (Å²) in [7, 11) is 0. The number of aromatic nitrogens is 3. The van der Waals surface area contributed by atoms with Crippen LogP contribution in [0.4, 0.5) is 0 Å². The van der Waals surface area contributed by atoms with Crippen LogP contribution in [0.25, 0.3) is 16.8 Å². The molecule has 0 spiro atoms. The van der Waals surface area contributed by atoms with Crippen molar-refractivity contribution in [2.75, 3.05) is 13.1 Å². The van der Waals surface area contributed by atoms with Crippen molar-refractivity contribution in [3.05, 3.63) is 94.5 Å². The average molecular weight is 457 g/mol. The number of amides is 1. The number of hydrogen-bond donors (Lipinski definition) is 1. The van der Waals surface area contributed by atoms with Gasteiger partial charge in [-0.3, -0.25) is 9.59 Å². The normalized spacial score (nSPS) is 14.6. The monoisotopic (exact) mass is 456 g/mol. The molecule has 3 heterocycles. The van der Waals surface area contributed by atoms with Gasteiger partial charge in [0.1, 0.15) is 12.1 Å².